The first-order valence-corrected chi connectivity index (χ1v) is 9.09. The largest absolute Gasteiger partial charge is 0.478 e. The average molecular weight is 400 g/mol. The lowest BCUT2D eigenvalue weighted by Gasteiger charge is -2.10. The zero-order valence-corrected chi connectivity index (χ0v) is 15.9. The molecule has 0 aliphatic rings. The third kappa shape index (κ3) is 3.24. The zero-order chi connectivity index (χ0) is 21.3. The lowest BCUT2D eigenvalue weighted by Crippen LogP contribution is -2.06. The predicted molar refractivity (Wildman–Crippen MR) is 109 cm³/mol. The topological polar surface area (TPSA) is 115 Å². The van der Waals surface area contributed by atoms with Gasteiger partial charge in [0.05, 0.1) is 5.56 Å². The highest BCUT2D eigenvalue weighted by Gasteiger charge is 2.18. The predicted octanol–water partition coefficient (Wildman–Crippen LogP) is 3.17. The van der Waals surface area contributed by atoms with Crippen LogP contribution in [0.4, 0.5) is 0 Å². The van der Waals surface area contributed by atoms with E-state index in [4.69, 9.17) is 0 Å². The number of rotatable bonds is 6. The fourth-order valence-electron chi connectivity index (χ4n) is 3.45. The van der Waals surface area contributed by atoms with Crippen LogP contribution in [-0.2, 0) is 6.54 Å². The highest BCUT2D eigenvalue weighted by molar-refractivity contribution is 5.99. The SMILES string of the molecule is Cc1nc2c(C=O)nnc(C=O)c2n1Cc1ccc(-c2ccccc2C(=O)O)cc1. The third-order valence-electron chi connectivity index (χ3n) is 4.90. The van der Waals surface area contributed by atoms with Crippen LogP contribution in [0.1, 0.15) is 42.7 Å². The van der Waals surface area contributed by atoms with Gasteiger partial charge in [0.15, 0.2) is 24.0 Å². The quantitative estimate of drug-likeness (QED) is 0.494. The van der Waals surface area contributed by atoms with Gasteiger partial charge in [0.2, 0.25) is 0 Å². The highest BCUT2D eigenvalue weighted by Crippen LogP contribution is 2.25. The number of carbonyl (C=O) groups is 3. The van der Waals surface area contributed by atoms with Gasteiger partial charge in [-0.15, -0.1) is 10.2 Å². The van der Waals surface area contributed by atoms with Crippen LogP contribution in [0.25, 0.3) is 22.2 Å². The fraction of sp³-hybridized carbons (Fsp3) is 0.0909. The molecule has 4 rings (SSSR count). The first-order chi connectivity index (χ1) is 14.5. The number of hydrogen-bond donors (Lipinski definition) is 1. The van der Waals surface area contributed by atoms with Crippen molar-refractivity contribution < 1.29 is 19.5 Å². The molecule has 0 aliphatic heterocycles. The van der Waals surface area contributed by atoms with Gasteiger partial charge in [0.25, 0.3) is 0 Å². The molecule has 8 heteroatoms. The molecular formula is C22H16N4O4. The number of aryl methyl sites for hydroxylation is 1. The lowest BCUT2D eigenvalue weighted by atomic mass is 9.99. The van der Waals surface area contributed by atoms with Crippen molar-refractivity contribution >= 4 is 29.6 Å². The van der Waals surface area contributed by atoms with Crippen LogP contribution in [0, 0.1) is 6.92 Å². The number of aromatic carboxylic acids is 1. The van der Waals surface area contributed by atoms with Gasteiger partial charge in [0.1, 0.15) is 16.9 Å². The summed E-state index contributed by atoms with van der Waals surface area (Å²) in [5.74, 6) is -0.366. The van der Waals surface area contributed by atoms with Crippen molar-refractivity contribution in [1.82, 2.24) is 19.7 Å². The Balaban J connectivity index is 1.74. The number of benzene rings is 2. The van der Waals surface area contributed by atoms with Crippen molar-refractivity contribution in [3.8, 4) is 11.1 Å². The Morgan fingerprint density at radius 2 is 1.67 bits per heavy atom. The van der Waals surface area contributed by atoms with E-state index in [1.165, 1.54) is 0 Å². The molecule has 0 fully saturated rings. The standard InChI is InChI=1S/C22H16N4O4/c1-13-23-20-18(11-27)24-25-19(12-28)21(20)26(13)10-14-6-8-15(9-7-14)16-4-2-3-5-17(16)22(29)30/h2-9,11-12H,10H2,1H3,(H,29,30). The summed E-state index contributed by atoms with van der Waals surface area (Å²) in [6, 6.07) is 14.3. The molecule has 0 saturated heterocycles. The van der Waals surface area contributed by atoms with Crippen molar-refractivity contribution in [3.05, 3.63) is 76.9 Å². The van der Waals surface area contributed by atoms with Gasteiger partial charge in [-0.3, -0.25) is 9.59 Å². The van der Waals surface area contributed by atoms with Gasteiger partial charge in [-0.25, -0.2) is 9.78 Å². The molecule has 2 aromatic carbocycles. The minimum atomic E-state index is -0.983. The number of fused-ring (bicyclic) bond motifs is 1. The maximum absolute atomic E-state index is 11.5. The maximum atomic E-state index is 11.5. The molecule has 30 heavy (non-hydrogen) atoms. The number of carboxylic acids is 1. The van der Waals surface area contributed by atoms with Crippen molar-refractivity contribution in [3.63, 3.8) is 0 Å². The van der Waals surface area contributed by atoms with Gasteiger partial charge in [-0.1, -0.05) is 42.5 Å². The van der Waals surface area contributed by atoms with Crippen molar-refractivity contribution in [2.45, 2.75) is 13.5 Å². The summed E-state index contributed by atoms with van der Waals surface area (Å²) in [7, 11) is 0. The monoisotopic (exact) mass is 400 g/mol. The number of aromatic nitrogens is 4. The van der Waals surface area contributed by atoms with Gasteiger partial charge >= 0.3 is 5.97 Å². The molecule has 8 nitrogen and oxygen atoms in total. The summed E-state index contributed by atoms with van der Waals surface area (Å²) < 4.78 is 1.81. The highest BCUT2D eigenvalue weighted by atomic mass is 16.4. The molecule has 0 spiro atoms. The molecule has 2 aromatic heterocycles. The summed E-state index contributed by atoms with van der Waals surface area (Å²) in [5.41, 5.74) is 3.56. The van der Waals surface area contributed by atoms with Crippen molar-refractivity contribution in [2.75, 3.05) is 0 Å². The number of aldehydes is 2. The molecular weight excluding hydrogens is 384 g/mol. The number of imidazole rings is 1. The third-order valence-corrected chi connectivity index (χ3v) is 4.90. The van der Waals surface area contributed by atoms with Crippen LogP contribution in [0.15, 0.2) is 48.5 Å². The lowest BCUT2D eigenvalue weighted by molar-refractivity contribution is 0.0697. The van der Waals surface area contributed by atoms with Crippen LogP contribution >= 0.6 is 0 Å². The Morgan fingerprint density at radius 3 is 2.33 bits per heavy atom. The Kier molecular flexibility index (Phi) is 4.89. The van der Waals surface area contributed by atoms with Crippen molar-refractivity contribution in [1.29, 1.82) is 0 Å². The van der Waals surface area contributed by atoms with Crippen LogP contribution in [0.2, 0.25) is 0 Å². The minimum Gasteiger partial charge on any atom is -0.478 e. The average Bonchev–Trinajstić information content (AvgIpc) is 3.09. The Morgan fingerprint density at radius 1 is 1.00 bits per heavy atom. The molecule has 2 heterocycles. The van der Waals surface area contributed by atoms with E-state index in [9.17, 15) is 19.5 Å². The van der Waals surface area contributed by atoms with E-state index in [1.54, 1.807) is 35.8 Å². The van der Waals surface area contributed by atoms with E-state index in [2.05, 4.69) is 15.2 Å². The summed E-state index contributed by atoms with van der Waals surface area (Å²) in [6.45, 7) is 2.18. The molecule has 0 unspecified atom stereocenters. The molecule has 0 radical (unpaired) electrons. The van der Waals surface area contributed by atoms with Crippen molar-refractivity contribution in [2.24, 2.45) is 0 Å². The molecule has 4 aromatic rings. The Bertz CT molecular complexity index is 1290. The van der Waals surface area contributed by atoms with Gasteiger partial charge in [-0.05, 0) is 29.7 Å². The molecule has 0 saturated carbocycles. The summed E-state index contributed by atoms with van der Waals surface area (Å²) in [6.07, 6.45) is 1.16. The van der Waals surface area contributed by atoms with Crippen LogP contribution in [-0.4, -0.2) is 43.4 Å². The van der Waals surface area contributed by atoms with Gasteiger partial charge in [-0.2, -0.15) is 0 Å². The summed E-state index contributed by atoms with van der Waals surface area (Å²) in [4.78, 5) is 38.6. The number of nitrogens with zero attached hydrogens (tertiary/aromatic N) is 4. The van der Waals surface area contributed by atoms with E-state index in [0.717, 1.165) is 11.1 Å². The smallest absolute Gasteiger partial charge is 0.336 e. The van der Waals surface area contributed by atoms with Crippen LogP contribution in [0.3, 0.4) is 0 Å². The first kappa shape index (κ1) is 19.1. The summed E-state index contributed by atoms with van der Waals surface area (Å²) in [5, 5.41) is 17.0. The number of hydrogen-bond acceptors (Lipinski definition) is 6. The fourth-order valence-corrected chi connectivity index (χ4v) is 3.45. The molecule has 0 bridgehead atoms. The van der Waals surface area contributed by atoms with E-state index in [1.807, 2.05) is 24.3 Å². The van der Waals surface area contributed by atoms with Gasteiger partial charge in [0, 0.05) is 6.54 Å². The first-order valence-electron chi connectivity index (χ1n) is 9.09. The van der Waals surface area contributed by atoms with E-state index >= 15 is 0 Å². The van der Waals surface area contributed by atoms with Crippen LogP contribution < -0.4 is 0 Å². The van der Waals surface area contributed by atoms with E-state index in [-0.39, 0.29) is 17.0 Å². The van der Waals surface area contributed by atoms with Crippen LogP contribution in [0.5, 0.6) is 0 Å². The number of carbonyl (C=O) groups excluding carboxylic acids is 2. The Hall–Kier alpha value is -4.20. The van der Waals surface area contributed by atoms with Gasteiger partial charge < -0.3 is 9.67 Å². The molecule has 148 valence electrons. The zero-order valence-electron chi connectivity index (χ0n) is 15.9. The summed E-state index contributed by atoms with van der Waals surface area (Å²) >= 11 is 0. The Labute approximate surface area is 170 Å². The second kappa shape index (κ2) is 7.67. The maximum Gasteiger partial charge on any atom is 0.336 e. The number of carboxylic acid groups (broad SMARTS) is 1. The molecule has 0 amide bonds. The second-order valence-electron chi connectivity index (χ2n) is 6.70. The normalized spacial score (nSPS) is 10.8. The molecule has 0 aliphatic carbocycles. The van der Waals surface area contributed by atoms with E-state index < -0.39 is 5.97 Å². The van der Waals surface area contributed by atoms with E-state index in [0.29, 0.717) is 41.5 Å². The molecule has 1 N–H and O–H groups in total. The minimum absolute atomic E-state index is 0.0816. The second-order valence-corrected chi connectivity index (χ2v) is 6.70. The molecule has 0 atom stereocenters.